The van der Waals surface area contributed by atoms with Crippen LogP contribution in [0.15, 0.2) is 30.3 Å². The van der Waals surface area contributed by atoms with Gasteiger partial charge in [-0.05, 0) is 26.6 Å². The van der Waals surface area contributed by atoms with E-state index < -0.39 is 0 Å². The minimum atomic E-state index is 0.412. The summed E-state index contributed by atoms with van der Waals surface area (Å²) in [6.07, 6.45) is 0. The maximum Gasteiger partial charge on any atom is 0.0473 e. The van der Waals surface area contributed by atoms with Gasteiger partial charge in [-0.15, -0.1) is 0 Å². The molecule has 2 rings (SSSR count). The van der Waals surface area contributed by atoms with Crippen molar-refractivity contribution in [1.82, 2.24) is 15.1 Å². The Hall–Kier alpha value is -0.900. The number of nitrogens with one attached hydrogen (secondary N) is 1. The van der Waals surface area contributed by atoms with Crippen LogP contribution in [0.2, 0.25) is 0 Å². The van der Waals surface area contributed by atoms with Crippen molar-refractivity contribution in [3.05, 3.63) is 35.9 Å². The van der Waals surface area contributed by atoms with Gasteiger partial charge in [0.1, 0.15) is 0 Å². The molecule has 1 N–H and O–H groups in total. The molecule has 0 bridgehead atoms. The fourth-order valence-corrected chi connectivity index (χ4v) is 2.79. The molecule has 100 valence electrons. The summed E-state index contributed by atoms with van der Waals surface area (Å²) in [5, 5.41) is 3.47. The molecule has 3 nitrogen and oxygen atoms in total. The molecule has 3 heteroatoms. The molecular weight excluding hydrogens is 222 g/mol. The maximum absolute atomic E-state index is 3.47. The van der Waals surface area contributed by atoms with Gasteiger partial charge in [-0.2, -0.15) is 0 Å². The van der Waals surface area contributed by atoms with Gasteiger partial charge in [-0.25, -0.2) is 0 Å². The molecule has 0 aromatic heterocycles. The number of rotatable bonds is 4. The van der Waals surface area contributed by atoms with Gasteiger partial charge >= 0.3 is 0 Å². The Morgan fingerprint density at radius 3 is 2.22 bits per heavy atom. The van der Waals surface area contributed by atoms with Crippen LogP contribution in [0, 0.1) is 0 Å². The van der Waals surface area contributed by atoms with E-state index in [0.717, 1.165) is 0 Å². The van der Waals surface area contributed by atoms with Crippen LogP contribution in [0.25, 0.3) is 0 Å². The first kappa shape index (κ1) is 13.5. The van der Waals surface area contributed by atoms with Crippen LogP contribution in [0.3, 0.4) is 0 Å². The predicted molar refractivity (Wildman–Crippen MR) is 76.8 cm³/mol. The van der Waals surface area contributed by atoms with Gasteiger partial charge in [0.2, 0.25) is 0 Å². The van der Waals surface area contributed by atoms with Crippen LogP contribution in [0.5, 0.6) is 0 Å². The van der Waals surface area contributed by atoms with E-state index in [0.29, 0.717) is 12.1 Å². The minimum Gasteiger partial charge on any atom is -0.312 e. The Morgan fingerprint density at radius 1 is 1.06 bits per heavy atom. The summed E-state index contributed by atoms with van der Waals surface area (Å²) in [4.78, 5) is 4.99. The first-order valence-corrected chi connectivity index (χ1v) is 6.87. The van der Waals surface area contributed by atoms with Crippen LogP contribution in [0.4, 0.5) is 0 Å². The third-order valence-corrected chi connectivity index (χ3v) is 4.07. The smallest absolute Gasteiger partial charge is 0.0473 e. The zero-order valence-corrected chi connectivity index (χ0v) is 11.8. The monoisotopic (exact) mass is 247 g/mol. The summed E-state index contributed by atoms with van der Waals surface area (Å²) in [7, 11) is 4.26. The van der Waals surface area contributed by atoms with Gasteiger partial charge in [-0.3, -0.25) is 4.90 Å². The molecule has 0 spiro atoms. The molecule has 0 saturated carbocycles. The summed E-state index contributed by atoms with van der Waals surface area (Å²) in [6, 6.07) is 11.7. The highest BCUT2D eigenvalue weighted by atomic mass is 15.3. The molecule has 1 heterocycles. The fourth-order valence-electron chi connectivity index (χ4n) is 2.79. The maximum atomic E-state index is 3.47. The van der Waals surface area contributed by atoms with Crippen LogP contribution in [-0.2, 0) is 0 Å². The highest BCUT2D eigenvalue weighted by molar-refractivity contribution is 5.20. The van der Waals surface area contributed by atoms with Crippen molar-refractivity contribution in [3.63, 3.8) is 0 Å². The van der Waals surface area contributed by atoms with Gasteiger partial charge in [0.25, 0.3) is 0 Å². The van der Waals surface area contributed by atoms with Crippen molar-refractivity contribution in [2.24, 2.45) is 0 Å². The second-order valence-corrected chi connectivity index (χ2v) is 5.26. The van der Waals surface area contributed by atoms with E-state index in [9.17, 15) is 0 Å². The number of hydrogen-bond donors (Lipinski definition) is 1. The first-order valence-electron chi connectivity index (χ1n) is 6.87. The van der Waals surface area contributed by atoms with Crippen LogP contribution in [-0.4, -0.2) is 56.1 Å². The zero-order chi connectivity index (χ0) is 13.0. The van der Waals surface area contributed by atoms with Gasteiger partial charge in [0, 0.05) is 38.3 Å². The largest absolute Gasteiger partial charge is 0.312 e. The summed E-state index contributed by atoms with van der Waals surface area (Å²) in [5.41, 5.74) is 1.38. The lowest BCUT2D eigenvalue weighted by Gasteiger charge is -2.39. The lowest BCUT2D eigenvalue weighted by atomic mass is 9.99. The van der Waals surface area contributed by atoms with Crippen LogP contribution in [0.1, 0.15) is 18.5 Å². The third kappa shape index (κ3) is 3.10. The lowest BCUT2D eigenvalue weighted by molar-refractivity contribution is 0.100. The third-order valence-electron chi connectivity index (χ3n) is 4.07. The predicted octanol–water partition coefficient (Wildman–Crippen LogP) is 1.58. The molecule has 1 saturated heterocycles. The van der Waals surface area contributed by atoms with E-state index in [2.05, 4.69) is 66.5 Å². The second-order valence-electron chi connectivity index (χ2n) is 5.26. The van der Waals surface area contributed by atoms with Crippen LogP contribution >= 0.6 is 0 Å². The van der Waals surface area contributed by atoms with Gasteiger partial charge < -0.3 is 10.2 Å². The van der Waals surface area contributed by atoms with Gasteiger partial charge in [-0.1, -0.05) is 30.3 Å². The van der Waals surface area contributed by atoms with E-state index in [1.807, 2.05) is 0 Å². The molecule has 1 aromatic rings. The van der Waals surface area contributed by atoms with Crippen molar-refractivity contribution >= 4 is 0 Å². The molecule has 0 aliphatic carbocycles. The quantitative estimate of drug-likeness (QED) is 0.871. The average molecular weight is 247 g/mol. The van der Waals surface area contributed by atoms with Gasteiger partial charge in [0.05, 0.1) is 0 Å². The molecule has 1 aliphatic rings. The van der Waals surface area contributed by atoms with E-state index in [-0.39, 0.29) is 0 Å². The van der Waals surface area contributed by atoms with Crippen molar-refractivity contribution in [3.8, 4) is 0 Å². The molecule has 1 aromatic carbocycles. The lowest BCUT2D eigenvalue weighted by Crippen LogP contribution is -2.51. The fraction of sp³-hybridized carbons (Fsp3) is 0.600. The second kappa shape index (κ2) is 6.32. The molecule has 18 heavy (non-hydrogen) atoms. The Balaban J connectivity index is 2.04. The van der Waals surface area contributed by atoms with Crippen molar-refractivity contribution in [2.75, 3.05) is 40.3 Å². The van der Waals surface area contributed by atoms with Gasteiger partial charge in [0.15, 0.2) is 0 Å². The van der Waals surface area contributed by atoms with E-state index in [1.165, 1.54) is 31.7 Å². The van der Waals surface area contributed by atoms with E-state index >= 15 is 0 Å². The number of piperazine rings is 1. The number of hydrogen-bond acceptors (Lipinski definition) is 3. The Morgan fingerprint density at radius 2 is 1.67 bits per heavy atom. The molecule has 1 aliphatic heterocycles. The number of benzene rings is 1. The summed E-state index contributed by atoms with van der Waals surface area (Å²) >= 11 is 0. The number of likely N-dealkylation sites (N-methyl/N-ethyl adjacent to an activating group) is 2. The highest BCUT2D eigenvalue weighted by Gasteiger charge is 2.25. The molecule has 2 unspecified atom stereocenters. The molecule has 0 amide bonds. The van der Waals surface area contributed by atoms with Crippen molar-refractivity contribution < 1.29 is 0 Å². The summed E-state index contributed by atoms with van der Waals surface area (Å²) < 4.78 is 0. The molecule has 2 atom stereocenters. The topological polar surface area (TPSA) is 18.5 Å². The van der Waals surface area contributed by atoms with E-state index in [1.54, 1.807) is 0 Å². The standard InChI is InChI=1S/C15H25N3/c1-13(18-11-9-17(3)10-12-18)15(16-2)14-7-5-4-6-8-14/h4-8,13,15-16H,9-12H2,1-3H3. The Bertz CT molecular complexity index is 344. The Labute approximate surface area is 111 Å². The van der Waals surface area contributed by atoms with Crippen molar-refractivity contribution in [1.29, 1.82) is 0 Å². The summed E-state index contributed by atoms with van der Waals surface area (Å²) in [5.74, 6) is 0. The first-order chi connectivity index (χ1) is 8.72. The zero-order valence-electron chi connectivity index (χ0n) is 11.8. The van der Waals surface area contributed by atoms with E-state index in [4.69, 9.17) is 0 Å². The molecular formula is C15H25N3. The SMILES string of the molecule is CNC(c1ccccc1)C(C)N1CCN(C)CC1. The Kier molecular flexibility index (Phi) is 4.75. The average Bonchev–Trinajstić information content (AvgIpc) is 2.41. The number of nitrogens with zero attached hydrogens (tertiary/aromatic N) is 2. The van der Waals surface area contributed by atoms with Crippen LogP contribution < -0.4 is 5.32 Å². The van der Waals surface area contributed by atoms with Crippen molar-refractivity contribution in [2.45, 2.75) is 19.0 Å². The minimum absolute atomic E-state index is 0.412. The normalized spacial score (nSPS) is 21.7. The highest BCUT2D eigenvalue weighted by Crippen LogP contribution is 2.21. The molecule has 1 fully saturated rings. The molecule has 0 radical (unpaired) electrons. The summed E-state index contributed by atoms with van der Waals surface area (Å²) in [6.45, 7) is 7.02.